The summed E-state index contributed by atoms with van der Waals surface area (Å²) in [6, 6.07) is 5.73. The Bertz CT molecular complexity index is 714. The standard InChI is InChI=1S/C18H21NO3/c1-5-7-8-9-15-17(20-3)14-11-10-13(22-6-2)12-16(14)19-18(15)21-4/h10-12H,5-7H2,1-4H3. The van der Waals surface area contributed by atoms with Crippen LogP contribution in [-0.4, -0.2) is 25.8 Å². The molecule has 0 aliphatic rings. The van der Waals surface area contributed by atoms with Gasteiger partial charge in [0, 0.05) is 17.9 Å². The molecule has 0 bridgehead atoms. The summed E-state index contributed by atoms with van der Waals surface area (Å²) < 4.78 is 16.5. The van der Waals surface area contributed by atoms with Gasteiger partial charge in [0.1, 0.15) is 17.1 Å². The van der Waals surface area contributed by atoms with E-state index in [0.29, 0.717) is 23.8 Å². The van der Waals surface area contributed by atoms with Gasteiger partial charge in [-0.2, -0.15) is 0 Å². The number of rotatable bonds is 5. The van der Waals surface area contributed by atoms with Crippen molar-refractivity contribution in [3.05, 3.63) is 23.8 Å². The van der Waals surface area contributed by atoms with Crippen molar-refractivity contribution in [2.45, 2.75) is 26.7 Å². The van der Waals surface area contributed by atoms with Gasteiger partial charge in [-0.25, -0.2) is 4.98 Å². The maximum Gasteiger partial charge on any atom is 0.233 e. The Morgan fingerprint density at radius 2 is 1.95 bits per heavy atom. The Hall–Kier alpha value is -2.41. The number of hydrogen-bond acceptors (Lipinski definition) is 4. The van der Waals surface area contributed by atoms with E-state index in [1.807, 2.05) is 25.1 Å². The first kappa shape index (κ1) is 16.0. The van der Waals surface area contributed by atoms with Crippen LogP contribution in [0.3, 0.4) is 0 Å². The van der Waals surface area contributed by atoms with Gasteiger partial charge in [-0.1, -0.05) is 18.8 Å². The molecule has 2 rings (SSSR count). The fourth-order valence-corrected chi connectivity index (χ4v) is 2.20. The molecule has 1 heterocycles. The van der Waals surface area contributed by atoms with E-state index in [1.165, 1.54) is 0 Å². The minimum Gasteiger partial charge on any atom is -0.495 e. The molecule has 0 aliphatic carbocycles. The lowest BCUT2D eigenvalue weighted by molar-refractivity contribution is 0.340. The van der Waals surface area contributed by atoms with Crippen LogP contribution in [-0.2, 0) is 0 Å². The predicted octanol–water partition coefficient (Wildman–Crippen LogP) is 3.80. The van der Waals surface area contributed by atoms with E-state index in [9.17, 15) is 0 Å². The van der Waals surface area contributed by atoms with Crippen LogP contribution in [0.25, 0.3) is 10.9 Å². The van der Waals surface area contributed by atoms with E-state index < -0.39 is 0 Å². The first-order valence-corrected chi connectivity index (χ1v) is 7.42. The van der Waals surface area contributed by atoms with Crippen LogP contribution in [0.1, 0.15) is 32.3 Å². The highest BCUT2D eigenvalue weighted by Crippen LogP contribution is 2.35. The molecule has 0 N–H and O–H groups in total. The van der Waals surface area contributed by atoms with Crippen LogP contribution in [0.4, 0.5) is 0 Å². The molecule has 1 aromatic carbocycles. The summed E-state index contributed by atoms with van der Waals surface area (Å²) in [5, 5.41) is 0.896. The van der Waals surface area contributed by atoms with Gasteiger partial charge < -0.3 is 14.2 Å². The molecule has 0 fully saturated rings. The molecule has 0 radical (unpaired) electrons. The molecule has 0 aliphatic heterocycles. The Kier molecular flexibility index (Phi) is 5.48. The fourth-order valence-electron chi connectivity index (χ4n) is 2.20. The Morgan fingerprint density at radius 1 is 1.14 bits per heavy atom. The third-order valence-electron chi connectivity index (χ3n) is 3.17. The minimum atomic E-state index is 0.474. The second kappa shape index (κ2) is 7.56. The van der Waals surface area contributed by atoms with Gasteiger partial charge in [0.05, 0.1) is 26.3 Å². The number of benzene rings is 1. The molecule has 0 atom stereocenters. The maximum absolute atomic E-state index is 5.57. The Labute approximate surface area is 131 Å². The van der Waals surface area contributed by atoms with Crippen LogP contribution >= 0.6 is 0 Å². The topological polar surface area (TPSA) is 40.6 Å². The van der Waals surface area contributed by atoms with E-state index in [0.717, 1.165) is 29.5 Å². The number of nitrogens with zero attached hydrogens (tertiary/aromatic N) is 1. The van der Waals surface area contributed by atoms with Crippen molar-refractivity contribution in [2.24, 2.45) is 0 Å². The van der Waals surface area contributed by atoms with Crippen molar-refractivity contribution in [1.82, 2.24) is 4.98 Å². The monoisotopic (exact) mass is 299 g/mol. The molecule has 4 heteroatoms. The molecular weight excluding hydrogens is 278 g/mol. The predicted molar refractivity (Wildman–Crippen MR) is 87.8 cm³/mol. The Balaban J connectivity index is 2.64. The molecule has 22 heavy (non-hydrogen) atoms. The van der Waals surface area contributed by atoms with E-state index >= 15 is 0 Å². The summed E-state index contributed by atoms with van der Waals surface area (Å²) in [6.45, 7) is 4.66. The molecule has 116 valence electrons. The average Bonchev–Trinajstić information content (AvgIpc) is 2.54. The van der Waals surface area contributed by atoms with Crippen molar-refractivity contribution in [3.63, 3.8) is 0 Å². The van der Waals surface area contributed by atoms with Crippen LogP contribution in [0, 0.1) is 11.8 Å². The lowest BCUT2D eigenvalue weighted by Gasteiger charge is -2.12. The summed E-state index contributed by atoms with van der Waals surface area (Å²) in [7, 11) is 3.22. The van der Waals surface area contributed by atoms with E-state index in [1.54, 1.807) is 14.2 Å². The van der Waals surface area contributed by atoms with Crippen LogP contribution in [0.15, 0.2) is 18.2 Å². The fraction of sp³-hybridized carbons (Fsp3) is 0.389. The lowest BCUT2D eigenvalue weighted by Crippen LogP contribution is -1.99. The molecule has 1 aromatic heterocycles. The number of pyridine rings is 1. The molecule has 0 amide bonds. The largest absolute Gasteiger partial charge is 0.495 e. The summed E-state index contributed by atoms with van der Waals surface area (Å²) in [5.74, 6) is 8.18. The first-order chi connectivity index (χ1) is 10.7. The average molecular weight is 299 g/mol. The molecule has 0 saturated heterocycles. The molecular formula is C18H21NO3. The zero-order chi connectivity index (χ0) is 15.9. The van der Waals surface area contributed by atoms with Gasteiger partial charge in [-0.15, -0.1) is 0 Å². The second-order valence-electron chi connectivity index (χ2n) is 4.69. The normalized spacial score (nSPS) is 10.0. The summed E-state index contributed by atoms with van der Waals surface area (Å²) in [5.41, 5.74) is 1.45. The number of ether oxygens (including phenoxy) is 3. The smallest absolute Gasteiger partial charge is 0.233 e. The zero-order valence-corrected chi connectivity index (χ0v) is 13.5. The van der Waals surface area contributed by atoms with E-state index in [-0.39, 0.29) is 0 Å². The van der Waals surface area contributed by atoms with Crippen molar-refractivity contribution in [2.75, 3.05) is 20.8 Å². The van der Waals surface area contributed by atoms with E-state index in [4.69, 9.17) is 14.2 Å². The number of unbranched alkanes of at least 4 members (excludes halogenated alkanes) is 1. The molecule has 4 nitrogen and oxygen atoms in total. The van der Waals surface area contributed by atoms with Gasteiger partial charge >= 0.3 is 0 Å². The van der Waals surface area contributed by atoms with Crippen molar-refractivity contribution in [3.8, 4) is 29.2 Å². The number of methoxy groups -OCH3 is 2. The van der Waals surface area contributed by atoms with Crippen LogP contribution in [0.5, 0.6) is 17.4 Å². The quantitative estimate of drug-likeness (QED) is 0.787. The summed E-state index contributed by atoms with van der Waals surface area (Å²) in [6.07, 6.45) is 1.84. The SMILES string of the molecule is CCCC#Cc1c(OC)nc2cc(OCC)ccc2c1OC. The van der Waals surface area contributed by atoms with Gasteiger partial charge in [-0.05, 0) is 25.5 Å². The summed E-state index contributed by atoms with van der Waals surface area (Å²) in [4.78, 5) is 4.54. The third-order valence-corrected chi connectivity index (χ3v) is 3.17. The molecule has 0 saturated carbocycles. The van der Waals surface area contributed by atoms with Crippen molar-refractivity contribution in [1.29, 1.82) is 0 Å². The lowest BCUT2D eigenvalue weighted by atomic mass is 10.1. The third kappa shape index (κ3) is 3.25. The zero-order valence-electron chi connectivity index (χ0n) is 13.5. The van der Waals surface area contributed by atoms with Crippen LogP contribution in [0.2, 0.25) is 0 Å². The minimum absolute atomic E-state index is 0.474. The van der Waals surface area contributed by atoms with Gasteiger partial charge in [-0.3, -0.25) is 0 Å². The van der Waals surface area contributed by atoms with Crippen LogP contribution < -0.4 is 14.2 Å². The highest BCUT2D eigenvalue weighted by molar-refractivity contribution is 5.89. The van der Waals surface area contributed by atoms with Gasteiger partial charge in [0.2, 0.25) is 5.88 Å². The highest BCUT2D eigenvalue weighted by atomic mass is 16.5. The van der Waals surface area contributed by atoms with Gasteiger partial charge in [0.25, 0.3) is 0 Å². The molecule has 0 unspecified atom stereocenters. The summed E-state index contributed by atoms with van der Waals surface area (Å²) >= 11 is 0. The van der Waals surface area contributed by atoms with Gasteiger partial charge in [0.15, 0.2) is 0 Å². The maximum atomic E-state index is 5.57. The van der Waals surface area contributed by atoms with Crippen molar-refractivity contribution >= 4 is 10.9 Å². The number of hydrogen-bond donors (Lipinski definition) is 0. The second-order valence-corrected chi connectivity index (χ2v) is 4.69. The number of fused-ring (bicyclic) bond motifs is 1. The first-order valence-electron chi connectivity index (χ1n) is 7.42. The molecule has 0 spiro atoms. The van der Waals surface area contributed by atoms with E-state index in [2.05, 4.69) is 23.7 Å². The number of aromatic nitrogens is 1. The Morgan fingerprint density at radius 3 is 2.59 bits per heavy atom. The van der Waals surface area contributed by atoms with Crippen molar-refractivity contribution < 1.29 is 14.2 Å². The molecule has 2 aromatic rings. The highest BCUT2D eigenvalue weighted by Gasteiger charge is 2.15.